The fraction of sp³-hybridized carbons (Fsp3) is 0.500. The second-order valence-electron chi connectivity index (χ2n) is 6.87. The second kappa shape index (κ2) is 6.45. The van der Waals surface area contributed by atoms with Gasteiger partial charge in [0.2, 0.25) is 6.79 Å². The van der Waals surface area contributed by atoms with Crippen LogP contribution in [0.3, 0.4) is 0 Å². The lowest BCUT2D eigenvalue weighted by molar-refractivity contribution is 0.154. The van der Waals surface area contributed by atoms with Crippen molar-refractivity contribution in [2.45, 2.75) is 25.6 Å². The lowest BCUT2D eigenvalue weighted by Gasteiger charge is -2.34. The summed E-state index contributed by atoms with van der Waals surface area (Å²) in [5.74, 6) is 1.71. The van der Waals surface area contributed by atoms with Gasteiger partial charge in [0, 0.05) is 25.8 Å². The first-order valence-corrected chi connectivity index (χ1v) is 8.47. The van der Waals surface area contributed by atoms with Gasteiger partial charge in [0.15, 0.2) is 11.5 Å². The zero-order chi connectivity index (χ0) is 16.5. The molecular weight excluding hydrogens is 304 g/mol. The van der Waals surface area contributed by atoms with Gasteiger partial charge in [-0.3, -0.25) is 9.58 Å². The van der Waals surface area contributed by atoms with Gasteiger partial charge in [-0.2, -0.15) is 5.10 Å². The van der Waals surface area contributed by atoms with E-state index in [-0.39, 0.29) is 0 Å². The molecule has 3 heterocycles. The molecule has 0 unspecified atom stereocenters. The fourth-order valence-corrected chi connectivity index (χ4v) is 3.50. The summed E-state index contributed by atoms with van der Waals surface area (Å²) in [7, 11) is 4.24. The van der Waals surface area contributed by atoms with Crippen molar-refractivity contribution in [3.05, 3.63) is 41.7 Å². The Hall–Kier alpha value is -2.05. The summed E-state index contributed by atoms with van der Waals surface area (Å²) in [6.45, 7) is 4.28. The molecule has 0 saturated carbocycles. The Labute approximate surface area is 142 Å². The van der Waals surface area contributed by atoms with Crippen LogP contribution in [0, 0.1) is 0 Å². The molecule has 4 rings (SSSR count). The first kappa shape index (κ1) is 15.5. The highest BCUT2D eigenvalue weighted by Gasteiger charge is 2.26. The standard InChI is InChI=1S/C18H24N4O2/c1-20(2)8-6-16-12-21(11-15-5-7-19-22(15)16)10-14-3-4-17-18(9-14)24-13-23-17/h3-5,7,9,16H,6,8,10-13H2,1-2H3/t16-/m0/s1. The highest BCUT2D eigenvalue weighted by atomic mass is 16.7. The number of fused-ring (bicyclic) bond motifs is 2. The van der Waals surface area contributed by atoms with Crippen LogP contribution in [0.15, 0.2) is 30.5 Å². The first-order chi connectivity index (χ1) is 11.7. The van der Waals surface area contributed by atoms with E-state index in [9.17, 15) is 0 Å². The maximum atomic E-state index is 5.50. The van der Waals surface area contributed by atoms with E-state index < -0.39 is 0 Å². The Bertz CT molecular complexity index is 713. The number of aromatic nitrogens is 2. The van der Waals surface area contributed by atoms with Crippen molar-refractivity contribution in [3.8, 4) is 11.5 Å². The van der Waals surface area contributed by atoms with E-state index in [1.807, 2.05) is 12.3 Å². The van der Waals surface area contributed by atoms with Gasteiger partial charge in [-0.15, -0.1) is 0 Å². The lowest BCUT2D eigenvalue weighted by atomic mass is 10.1. The lowest BCUT2D eigenvalue weighted by Crippen LogP contribution is -2.38. The summed E-state index contributed by atoms with van der Waals surface area (Å²) in [6.07, 6.45) is 3.03. The van der Waals surface area contributed by atoms with E-state index in [0.717, 1.165) is 44.1 Å². The minimum Gasteiger partial charge on any atom is -0.454 e. The van der Waals surface area contributed by atoms with E-state index in [1.165, 1.54) is 11.3 Å². The second-order valence-corrected chi connectivity index (χ2v) is 6.87. The molecule has 1 aromatic heterocycles. The van der Waals surface area contributed by atoms with Gasteiger partial charge in [-0.05, 0) is 50.8 Å². The molecule has 0 N–H and O–H groups in total. The molecule has 2 aromatic rings. The van der Waals surface area contributed by atoms with Crippen LogP contribution in [-0.4, -0.2) is 53.6 Å². The predicted octanol–water partition coefficient (Wildman–Crippen LogP) is 2.12. The molecule has 1 aromatic carbocycles. The van der Waals surface area contributed by atoms with E-state index >= 15 is 0 Å². The summed E-state index contributed by atoms with van der Waals surface area (Å²) in [4.78, 5) is 4.73. The topological polar surface area (TPSA) is 42.8 Å². The van der Waals surface area contributed by atoms with Crippen LogP contribution in [0.1, 0.15) is 23.7 Å². The normalized spacial score (nSPS) is 19.7. The van der Waals surface area contributed by atoms with Gasteiger partial charge in [0.25, 0.3) is 0 Å². The number of hydrogen-bond donors (Lipinski definition) is 0. The molecule has 0 amide bonds. The fourth-order valence-electron chi connectivity index (χ4n) is 3.50. The highest BCUT2D eigenvalue weighted by Crippen LogP contribution is 2.33. The van der Waals surface area contributed by atoms with E-state index in [0.29, 0.717) is 12.8 Å². The zero-order valence-electron chi connectivity index (χ0n) is 14.3. The molecule has 0 radical (unpaired) electrons. The van der Waals surface area contributed by atoms with Crippen LogP contribution in [-0.2, 0) is 13.1 Å². The van der Waals surface area contributed by atoms with Crippen molar-refractivity contribution in [1.82, 2.24) is 19.6 Å². The quantitative estimate of drug-likeness (QED) is 0.841. The number of rotatable bonds is 5. The molecule has 0 spiro atoms. The zero-order valence-corrected chi connectivity index (χ0v) is 14.3. The third-order valence-corrected chi connectivity index (χ3v) is 4.71. The van der Waals surface area contributed by atoms with Crippen LogP contribution in [0.5, 0.6) is 11.5 Å². The minimum atomic E-state index is 0.328. The average molecular weight is 328 g/mol. The molecule has 2 aliphatic rings. The average Bonchev–Trinajstić information content (AvgIpc) is 3.20. The molecule has 0 aliphatic carbocycles. The van der Waals surface area contributed by atoms with Gasteiger partial charge in [-0.1, -0.05) is 6.07 Å². The smallest absolute Gasteiger partial charge is 0.231 e. The Morgan fingerprint density at radius 1 is 1.21 bits per heavy atom. The summed E-state index contributed by atoms with van der Waals surface area (Å²) in [5, 5.41) is 4.54. The van der Waals surface area contributed by atoms with Gasteiger partial charge in [0.05, 0.1) is 11.7 Å². The molecule has 2 aliphatic heterocycles. The number of nitrogens with zero attached hydrogens (tertiary/aromatic N) is 4. The molecule has 128 valence electrons. The molecular formula is C18H24N4O2. The number of ether oxygens (including phenoxy) is 2. The van der Waals surface area contributed by atoms with Crippen LogP contribution in [0.2, 0.25) is 0 Å². The summed E-state index contributed by atoms with van der Waals surface area (Å²) in [6, 6.07) is 8.81. The molecule has 6 heteroatoms. The van der Waals surface area contributed by atoms with Crippen molar-refractivity contribution >= 4 is 0 Å². The third kappa shape index (κ3) is 3.12. The summed E-state index contributed by atoms with van der Waals surface area (Å²) >= 11 is 0. The maximum absolute atomic E-state index is 5.50. The van der Waals surface area contributed by atoms with Gasteiger partial charge in [-0.25, -0.2) is 0 Å². The van der Waals surface area contributed by atoms with Crippen molar-refractivity contribution < 1.29 is 9.47 Å². The maximum Gasteiger partial charge on any atom is 0.231 e. The van der Waals surface area contributed by atoms with E-state index in [1.54, 1.807) is 0 Å². The molecule has 1 atom stereocenters. The molecule has 6 nitrogen and oxygen atoms in total. The molecule has 0 fully saturated rings. The third-order valence-electron chi connectivity index (χ3n) is 4.71. The van der Waals surface area contributed by atoms with Gasteiger partial charge in [0.1, 0.15) is 0 Å². The van der Waals surface area contributed by atoms with Crippen LogP contribution in [0.25, 0.3) is 0 Å². The number of hydrogen-bond acceptors (Lipinski definition) is 5. The van der Waals surface area contributed by atoms with Crippen molar-refractivity contribution in [2.75, 3.05) is 34.0 Å². The minimum absolute atomic E-state index is 0.328. The monoisotopic (exact) mass is 328 g/mol. The van der Waals surface area contributed by atoms with Gasteiger partial charge >= 0.3 is 0 Å². The Morgan fingerprint density at radius 3 is 2.96 bits per heavy atom. The van der Waals surface area contributed by atoms with E-state index in [4.69, 9.17) is 9.47 Å². The number of benzene rings is 1. The largest absolute Gasteiger partial charge is 0.454 e. The molecule has 24 heavy (non-hydrogen) atoms. The van der Waals surface area contributed by atoms with Crippen LogP contribution in [0.4, 0.5) is 0 Å². The predicted molar refractivity (Wildman–Crippen MR) is 91.1 cm³/mol. The van der Waals surface area contributed by atoms with Crippen molar-refractivity contribution in [3.63, 3.8) is 0 Å². The molecule has 0 bridgehead atoms. The Morgan fingerprint density at radius 2 is 2.08 bits per heavy atom. The summed E-state index contributed by atoms with van der Waals surface area (Å²) < 4.78 is 13.1. The van der Waals surface area contributed by atoms with Gasteiger partial charge < -0.3 is 14.4 Å². The summed E-state index contributed by atoms with van der Waals surface area (Å²) in [5.41, 5.74) is 2.56. The SMILES string of the molecule is CN(C)CC[C@H]1CN(Cc2ccc3c(c2)OCO3)Cc2ccnn21. The Balaban J connectivity index is 1.48. The molecule has 0 saturated heterocycles. The van der Waals surface area contributed by atoms with E-state index in [2.05, 4.69) is 51.9 Å². The van der Waals surface area contributed by atoms with Crippen molar-refractivity contribution in [2.24, 2.45) is 0 Å². The Kier molecular flexibility index (Phi) is 4.16. The van der Waals surface area contributed by atoms with Crippen LogP contribution >= 0.6 is 0 Å². The first-order valence-electron chi connectivity index (χ1n) is 8.47. The highest BCUT2D eigenvalue weighted by molar-refractivity contribution is 5.44. The van der Waals surface area contributed by atoms with Crippen LogP contribution < -0.4 is 9.47 Å². The van der Waals surface area contributed by atoms with Crippen molar-refractivity contribution in [1.29, 1.82) is 0 Å².